The van der Waals surface area contributed by atoms with Crippen molar-refractivity contribution in [3.63, 3.8) is 0 Å². The molecular weight excluding hydrogens is 480 g/mol. The molecule has 190 valence electrons. The molecule has 0 aliphatic rings. The molecule has 0 aliphatic heterocycles. The number of rotatable bonds is 8. The largest absolute Gasteiger partial charge is 0.497 e. The lowest BCUT2D eigenvalue weighted by Crippen LogP contribution is -2.15. The van der Waals surface area contributed by atoms with Crippen molar-refractivity contribution in [3.05, 3.63) is 77.2 Å². The van der Waals surface area contributed by atoms with E-state index in [9.17, 15) is 14.4 Å². The quantitative estimate of drug-likeness (QED) is 0.261. The first kappa shape index (κ1) is 25.2. The lowest BCUT2D eigenvalue weighted by atomic mass is 10.0. The van der Waals surface area contributed by atoms with Gasteiger partial charge in [0.2, 0.25) is 5.78 Å². The molecular formula is C27H24N2O8. The maximum atomic E-state index is 13.7. The van der Waals surface area contributed by atoms with Crippen molar-refractivity contribution in [1.29, 1.82) is 0 Å². The smallest absolute Gasteiger partial charge is 0.341 e. The van der Waals surface area contributed by atoms with Crippen LogP contribution in [0, 0.1) is 0 Å². The first-order valence-corrected chi connectivity index (χ1v) is 11.0. The SMILES string of the molecule is COC(=O)c1c(C(=O)OC)c2cc(-c3ccc(OC)c(OC)c3)ncn2c1C(=O)c1ccc(OC)cc1. The minimum Gasteiger partial charge on any atom is -0.497 e. The second-order valence-corrected chi connectivity index (χ2v) is 7.74. The number of carbonyl (C=O) groups excluding carboxylic acids is 3. The van der Waals surface area contributed by atoms with Gasteiger partial charge in [0.15, 0.2) is 11.5 Å². The van der Waals surface area contributed by atoms with E-state index in [1.807, 2.05) is 0 Å². The van der Waals surface area contributed by atoms with Crippen molar-refractivity contribution in [1.82, 2.24) is 9.38 Å². The zero-order valence-corrected chi connectivity index (χ0v) is 20.9. The van der Waals surface area contributed by atoms with Gasteiger partial charge in [-0.2, -0.15) is 0 Å². The fraction of sp³-hybridized carbons (Fsp3) is 0.185. The minimum absolute atomic E-state index is 0.0845. The predicted octanol–water partition coefficient (Wildman–Crippen LogP) is 3.83. The molecule has 0 radical (unpaired) electrons. The first-order valence-electron chi connectivity index (χ1n) is 11.0. The third kappa shape index (κ3) is 4.44. The monoisotopic (exact) mass is 504 g/mol. The number of methoxy groups -OCH3 is 5. The Hall–Kier alpha value is -4.86. The number of esters is 2. The second kappa shape index (κ2) is 10.4. The zero-order chi connectivity index (χ0) is 26.7. The number of aromatic nitrogens is 2. The molecule has 4 aromatic rings. The van der Waals surface area contributed by atoms with E-state index in [-0.39, 0.29) is 27.9 Å². The van der Waals surface area contributed by atoms with E-state index in [1.54, 1.807) is 48.5 Å². The number of benzene rings is 2. The van der Waals surface area contributed by atoms with Crippen molar-refractivity contribution in [2.24, 2.45) is 0 Å². The topological polar surface area (TPSA) is 115 Å². The number of fused-ring (bicyclic) bond motifs is 1. The van der Waals surface area contributed by atoms with Gasteiger partial charge in [-0.15, -0.1) is 0 Å². The van der Waals surface area contributed by atoms with Gasteiger partial charge in [0, 0.05) is 11.1 Å². The Bertz CT molecular complexity index is 1510. The van der Waals surface area contributed by atoms with Crippen LogP contribution in [0.5, 0.6) is 17.2 Å². The van der Waals surface area contributed by atoms with Crippen LogP contribution in [-0.4, -0.2) is 62.7 Å². The van der Waals surface area contributed by atoms with Gasteiger partial charge in [0.1, 0.15) is 28.9 Å². The van der Waals surface area contributed by atoms with E-state index in [2.05, 4.69) is 4.98 Å². The van der Waals surface area contributed by atoms with Crippen LogP contribution in [0.1, 0.15) is 36.8 Å². The molecule has 37 heavy (non-hydrogen) atoms. The van der Waals surface area contributed by atoms with Gasteiger partial charge in [-0.1, -0.05) is 0 Å². The van der Waals surface area contributed by atoms with Crippen LogP contribution in [0.25, 0.3) is 16.8 Å². The Kier molecular flexibility index (Phi) is 7.10. The molecule has 0 unspecified atom stereocenters. The van der Waals surface area contributed by atoms with Gasteiger partial charge in [-0.3, -0.25) is 9.20 Å². The molecule has 0 amide bonds. The summed E-state index contributed by atoms with van der Waals surface area (Å²) in [5.41, 5.74) is 1.20. The number of nitrogens with zero attached hydrogens (tertiary/aromatic N) is 2. The van der Waals surface area contributed by atoms with Gasteiger partial charge < -0.3 is 23.7 Å². The normalized spacial score (nSPS) is 10.6. The van der Waals surface area contributed by atoms with Gasteiger partial charge in [-0.05, 0) is 48.5 Å². The van der Waals surface area contributed by atoms with Crippen LogP contribution in [0.2, 0.25) is 0 Å². The highest BCUT2D eigenvalue weighted by atomic mass is 16.5. The van der Waals surface area contributed by atoms with E-state index in [0.29, 0.717) is 28.5 Å². The summed E-state index contributed by atoms with van der Waals surface area (Å²) in [6, 6.07) is 13.2. The number of ether oxygens (including phenoxy) is 5. The molecule has 0 atom stereocenters. The van der Waals surface area contributed by atoms with Crippen LogP contribution in [0.15, 0.2) is 54.9 Å². The molecule has 0 fully saturated rings. The Morgan fingerprint density at radius 2 is 1.38 bits per heavy atom. The Morgan fingerprint density at radius 3 is 1.97 bits per heavy atom. The van der Waals surface area contributed by atoms with Crippen molar-refractivity contribution in [2.75, 3.05) is 35.5 Å². The molecule has 0 spiro atoms. The minimum atomic E-state index is -0.867. The van der Waals surface area contributed by atoms with Crippen molar-refractivity contribution >= 4 is 23.2 Å². The zero-order valence-electron chi connectivity index (χ0n) is 20.9. The lowest BCUT2D eigenvalue weighted by Gasteiger charge is -2.10. The lowest BCUT2D eigenvalue weighted by molar-refractivity contribution is 0.0556. The van der Waals surface area contributed by atoms with E-state index >= 15 is 0 Å². The fourth-order valence-corrected chi connectivity index (χ4v) is 4.02. The van der Waals surface area contributed by atoms with Crippen molar-refractivity contribution < 1.29 is 38.1 Å². The number of ketones is 1. The van der Waals surface area contributed by atoms with E-state index in [1.165, 1.54) is 46.3 Å². The predicted molar refractivity (Wildman–Crippen MR) is 133 cm³/mol. The third-order valence-corrected chi connectivity index (χ3v) is 5.85. The van der Waals surface area contributed by atoms with Crippen molar-refractivity contribution in [3.8, 4) is 28.5 Å². The Morgan fingerprint density at radius 1 is 0.730 bits per heavy atom. The molecule has 2 heterocycles. The number of hydrogen-bond donors (Lipinski definition) is 0. The molecule has 10 heteroatoms. The summed E-state index contributed by atoms with van der Waals surface area (Å²) in [4.78, 5) is 44.0. The summed E-state index contributed by atoms with van der Waals surface area (Å²) in [5.74, 6) is -0.624. The highest BCUT2D eigenvalue weighted by molar-refractivity contribution is 6.20. The molecule has 0 saturated carbocycles. The van der Waals surface area contributed by atoms with Gasteiger partial charge in [0.05, 0.1) is 46.8 Å². The summed E-state index contributed by atoms with van der Waals surface area (Å²) in [7, 11) is 6.91. The van der Waals surface area contributed by atoms with Gasteiger partial charge in [0.25, 0.3) is 0 Å². The summed E-state index contributed by atoms with van der Waals surface area (Å²) in [6.45, 7) is 0. The molecule has 0 saturated heterocycles. The average molecular weight is 504 g/mol. The Balaban J connectivity index is 2.00. The highest BCUT2D eigenvalue weighted by Gasteiger charge is 2.33. The maximum Gasteiger partial charge on any atom is 0.341 e. The molecule has 2 aromatic heterocycles. The Labute approximate surface area is 212 Å². The molecule has 0 N–H and O–H groups in total. The summed E-state index contributed by atoms with van der Waals surface area (Å²) >= 11 is 0. The molecule has 2 aromatic carbocycles. The van der Waals surface area contributed by atoms with Crippen LogP contribution >= 0.6 is 0 Å². The maximum absolute atomic E-state index is 13.7. The molecule has 10 nitrogen and oxygen atoms in total. The number of carbonyl (C=O) groups is 3. The third-order valence-electron chi connectivity index (χ3n) is 5.85. The van der Waals surface area contributed by atoms with Crippen LogP contribution in [-0.2, 0) is 9.47 Å². The first-order chi connectivity index (χ1) is 17.9. The van der Waals surface area contributed by atoms with Crippen LogP contribution < -0.4 is 14.2 Å². The van der Waals surface area contributed by atoms with Gasteiger partial charge in [-0.25, -0.2) is 14.6 Å². The highest BCUT2D eigenvalue weighted by Crippen LogP contribution is 2.34. The second-order valence-electron chi connectivity index (χ2n) is 7.74. The standard InChI is InChI=1S/C27H24N2O8/c1-33-17-9-6-15(7-10-17)25(30)24-23(27(32)37-5)22(26(31)36-4)19-13-18(28-14-29(19)24)16-8-11-20(34-2)21(12-16)35-3/h6-14H,1-5H3. The summed E-state index contributed by atoms with van der Waals surface area (Å²) in [5, 5.41) is 0. The van der Waals surface area contributed by atoms with E-state index in [0.717, 1.165) is 0 Å². The van der Waals surface area contributed by atoms with Crippen molar-refractivity contribution in [2.45, 2.75) is 0 Å². The average Bonchev–Trinajstić information content (AvgIpc) is 3.29. The number of hydrogen-bond acceptors (Lipinski definition) is 9. The van der Waals surface area contributed by atoms with E-state index in [4.69, 9.17) is 23.7 Å². The van der Waals surface area contributed by atoms with Crippen LogP contribution in [0.3, 0.4) is 0 Å². The van der Waals surface area contributed by atoms with Gasteiger partial charge >= 0.3 is 11.9 Å². The molecule has 0 aliphatic carbocycles. The summed E-state index contributed by atoms with van der Waals surface area (Å²) < 4.78 is 27.2. The van der Waals surface area contributed by atoms with E-state index < -0.39 is 17.7 Å². The molecule has 0 bridgehead atoms. The fourth-order valence-electron chi connectivity index (χ4n) is 4.02. The van der Waals surface area contributed by atoms with Crippen LogP contribution in [0.4, 0.5) is 0 Å². The summed E-state index contributed by atoms with van der Waals surface area (Å²) in [6.07, 6.45) is 1.37. The molecule has 4 rings (SSSR count).